The van der Waals surface area contributed by atoms with Gasteiger partial charge >= 0.3 is 0 Å². The molecule has 0 saturated heterocycles. The highest BCUT2D eigenvalue weighted by molar-refractivity contribution is 7.89. The lowest BCUT2D eigenvalue weighted by atomic mass is 10.2. The highest BCUT2D eigenvalue weighted by Gasteiger charge is 2.19. The van der Waals surface area contributed by atoms with Gasteiger partial charge in [0.2, 0.25) is 10.0 Å². The summed E-state index contributed by atoms with van der Waals surface area (Å²) in [6, 6.07) is 11.8. The third-order valence-electron chi connectivity index (χ3n) is 3.65. The van der Waals surface area contributed by atoms with Crippen LogP contribution in [0.25, 0.3) is 0 Å². The Bertz CT molecular complexity index is 846. The average Bonchev–Trinajstić information content (AvgIpc) is 2.61. The second kappa shape index (κ2) is 8.13. The molecular weight excluding hydrogens is 340 g/mol. The topological polar surface area (TPSA) is 84.5 Å². The van der Waals surface area contributed by atoms with Crippen molar-refractivity contribution in [1.82, 2.24) is 10.0 Å². The number of sulfonamides is 1. The predicted molar refractivity (Wildman–Crippen MR) is 96.2 cm³/mol. The van der Waals surface area contributed by atoms with E-state index >= 15 is 0 Å². The van der Waals surface area contributed by atoms with Gasteiger partial charge in [0.1, 0.15) is 5.75 Å². The molecule has 0 saturated carbocycles. The summed E-state index contributed by atoms with van der Waals surface area (Å²) in [5.74, 6) is -0.0571. The van der Waals surface area contributed by atoms with Gasteiger partial charge in [-0.25, -0.2) is 13.1 Å². The van der Waals surface area contributed by atoms with E-state index in [0.29, 0.717) is 12.3 Å². The molecule has 2 rings (SSSR count). The van der Waals surface area contributed by atoms with E-state index in [1.165, 1.54) is 25.3 Å². The first kappa shape index (κ1) is 19.0. The highest BCUT2D eigenvalue weighted by Crippen LogP contribution is 2.22. The summed E-state index contributed by atoms with van der Waals surface area (Å²) in [5, 5.41) is 2.64. The third-order valence-corrected chi connectivity index (χ3v) is 5.05. The van der Waals surface area contributed by atoms with E-state index in [0.717, 1.165) is 11.1 Å². The number of rotatable bonds is 7. The van der Waals surface area contributed by atoms with Gasteiger partial charge in [0.05, 0.1) is 17.6 Å². The summed E-state index contributed by atoms with van der Waals surface area (Å²) < 4.78 is 32.7. The number of nitrogens with one attached hydrogen (secondary N) is 2. The zero-order chi connectivity index (χ0) is 18.4. The van der Waals surface area contributed by atoms with Crippen LogP contribution in [0.3, 0.4) is 0 Å². The Hall–Kier alpha value is -2.38. The van der Waals surface area contributed by atoms with Gasteiger partial charge in [0, 0.05) is 13.1 Å². The second-order valence-electron chi connectivity index (χ2n) is 5.53. The summed E-state index contributed by atoms with van der Waals surface area (Å²) in [7, 11) is -2.32. The van der Waals surface area contributed by atoms with Crippen molar-refractivity contribution >= 4 is 15.9 Å². The van der Waals surface area contributed by atoms with Crippen LogP contribution in [0.4, 0.5) is 0 Å². The number of hydrogen-bond acceptors (Lipinski definition) is 4. The number of aryl methyl sites for hydroxylation is 1. The predicted octanol–water partition coefficient (Wildman–Crippen LogP) is 2.23. The molecule has 1 amide bonds. The van der Waals surface area contributed by atoms with E-state index in [1.807, 2.05) is 31.2 Å². The SMILES string of the molecule is CCNC(=O)c1cc(S(=O)(=O)NCc2ccc(C)cc2)ccc1OC. The summed E-state index contributed by atoms with van der Waals surface area (Å²) in [5.41, 5.74) is 2.14. The van der Waals surface area contributed by atoms with E-state index in [2.05, 4.69) is 10.0 Å². The van der Waals surface area contributed by atoms with Crippen molar-refractivity contribution in [3.05, 3.63) is 59.2 Å². The van der Waals surface area contributed by atoms with E-state index in [1.54, 1.807) is 6.92 Å². The summed E-state index contributed by atoms with van der Waals surface area (Å²) in [6.07, 6.45) is 0. The van der Waals surface area contributed by atoms with Crippen molar-refractivity contribution in [3.8, 4) is 5.75 Å². The maximum atomic E-state index is 12.5. The molecule has 0 aliphatic carbocycles. The maximum Gasteiger partial charge on any atom is 0.255 e. The lowest BCUT2D eigenvalue weighted by Crippen LogP contribution is -2.26. The lowest BCUT2D eigenvalue weighted by Gasteiger charge is -2.12. The van der Waals surface area contributed by atoms with Crippen LogP contribution in [0, 0.1) is 6.92 Å². The molecule has 134 valence electrons. The Morgan fingerprint density at radius 2 is 1.80 bits per heavy atom. The van der Waals surface area contributed by atoms with Gasteiger partial charge in [0.25, 0.3) is 5.91 Å². The maximum absolute atomic E-state index is 12.5. The van der Waals surface area contributed by atoms with Crippen LogP contribution in [0.5, 0.6) is 5.75 Å². The smallest absolute Gasteiger partial charge is 0.255 e. The molecule has 0 aliphatic rings. The molecule has 2 aromatic rings. The van der Waals surface area contributed by atoms with Gasteiger partial charge in [-0.1, -0.05) is 29.8 Å². The standard InChI is InChI=1S/C18H22N2O4S/c1-4-19-18(21)16-11-15(9-10-17(16)24-3)25(22,23)20-12-14-7-5-13(2)6-8-14/h5-11,20H,4,12H2,1-3H3,(H,19,21). The van der Waals surface area contributed by atoms with E-state index in [9.17, 15) is 13.2 Å². The van der Waals surface area contributed by atoms with Gasteiger partial charge < -0.3 is 10.1 Å². The molecule has 0 atom stereocenters. The highest BCUT2D eigenvalue weighted by atomic mass is 32.2. The van der Waals surface area contributed by atoms with E-state index in [-0.39, 0.29) is 22.9 Å². The van der Waals surface area contributed by atoms with Crippen molar-refractivity contribution < 1.29 is 17.9 Å². The molecule has 7 heteroatoms. The quantitative estimate of drug-likeness (QED) is 0.791. The van der Waals surface area contributed by atoms with E-state index in [4.69, 9.17) is 4.74 Å². The largest absolute Gasteiger partial charge is 0.496 e. The Morgan fingerprint density at radius 3 is 2.40 bits per heavy atom. The molecule has 6 nitrogen and oxygen atoms in total. The molecule has 0 fully saturated rings. The molecule has 0 aliphatic heterocycles. The van der Waals surface area contributed by atoms with Gasteiger partial charge in [-0.05, 0) is 37.6 Å². The van der Waals surface area contributed by atoms with E-state index < -0.39 is 10.0 Å². The Morgan fingerprint density at radius 1 is 1.12 bits per heavy atom. The fourth-order valence-corrected chi connectivity index (χ4v) is 3.30. The number of methoxy groups -OCH3 is 1. The summed E-state index contributed by atoms with van der Waals surface area (Å²) in [6.45, 7) is 4.36. The molecule has 0 aromatic heterocycles. The van der Waals surface area contributed by atoms with Gasteiger partial charge in [-0.2, -0.15) is 0 Å². The van der Waals surface area contributed by atoms with Crippen LogP contribution < -0.4 is 14.8 Å². The number of benzene rings is 2. The fourth-order valence-electron chi connectivity index (χ4n) is 2.26. The van der Waals surface area contributed by atoms with Crippen molar-refractivity contribution in [2.75, 3.05) is 13.7 Å². The first-order chi connectivity index (χ1) is 11.9. The molecule has 0 bridgehead atoms. The van der Waals surface area contributed by atoms with Crippen molar-refractivity contribution in [3.63, 3.8) is 0 Å². The van der Waals surface area contributed by atoms with Crippen LogP contribution in [0.1, 0.15) is 28.4 Å². The minimum absolute atomic E-state index is 0.0154. The normalized spacial score (nSPS) is 11.2. The molecule has 0 spiro atoms. The zero-order valence-electron chi connectivity index (χ0n) is 14.5. The molecule has 0 unspecified atom stereocenters. The lowest BCUT2D eigenvalue weighted by molar-refractivity contribution is 0.0952. The van der Waals surface area contributed by atoms with Crippen LogP contribution in [0.15, 0.2) is 47.4 Å². The van der Waals surface area contributed by atoms with Gasteiger partial charge in [-0.3, -0.25) is 4.79 Å². The Labute approximate surface area is 148 Å². The number of carbonyl (C=O) groups is 1. The Kier molecular flexibility index (Phi) is 6.17. The first-order valence-electron chi connectivity index (χ1n) is 7.89. The number of carbonyl (C=O) groups excluding carboxylic acids is 1. The fraction of sp³-hybridized carbons (Fsp3) is 0.278. The minimum atomic E-state index is -3.75. The average molecular weight is 362 g/mol. The van der Waals surface area contributed by atoms with Crippen molar-refractivity contribution in [1.29, 1.82) is 0 Å². The summed E-state index contributed by atoms with van der Waals surface area (Å²) in [4.78, 5) is 12.1. The van der Waals surface area contributed by atoms with Crippen molar-refractivity contribution in [2.24, 2.45) is 0 Å². The first-order valence-corrected chi connectivity index (χ1v) is 9.37. The van der Waals surface area contributed by atoms with Crippen molar-refractivity contribution in [2.45, 2.75) is 25.3 Å². The summed E-state index contributed by atoms with van der Waals surface area (Å²) >= 11 is 0. The second-order valence-corrected chi connectivity index (χ2v) is 7.30. The van der Waals surface area contributed by atoms with Crippen LogP contribution in [-0.4, -0.2) is 28.0 Å². The number of ether oxygens (including phenoxy) is 1. The van der Waals surface area contributed by atoms with Gasteiger partial charge in [-0.15, -0.1) is 0 Å². The van der Waals surface area contributed by atoms with Gasteiger partial charge in [0.15, 0.2) is 0 Å². The third kappa shape index (κ3) is 4.80. The minimum Gasteiger partial charge on any atom is -0.496 e. The molecule has 0 radical (unpaired) electrons. The number of amides is 1. The number of hydrogen-bond donors (Lipinski definition) is 2. The Balaban J connectivity index is 2.24. The van der Waals surface area contributed by atoms with Crippen LogP contribution in [0.2, 0.25) is 0 Å². The molecule has 2 N–H and O–H groups in total. The molecule has 25 heavy (non-hydrogen) atoms. The molecular formula is C18H22N2O4S. The van der Waals surface area contributed by atoms with Crippen LogP contribution >= 0.6 is 0 Å². The molecule has 2 aromatic carbocycles. The zero-order valence-corrected chi connectivity index (χ0v) is 15.3. The monoisotopic (exact) mass is 362 g/mol. The molecule has 0 heterocycles. The van der Waals surface area contributed by atoms with Crippen LogP contribution in [-0.2, 0) is 16.6 Å².